The van der Waals surface area contributed by atoms with E-state index in [9.17, 15) is 19.5 Å². The first-order chi connectivity index (χ1) is 16.4. The molecule has 5 rings (SSSR count). The fourth-order valence-electron chi connectivity index (χ4n) is 5.83. The van der Waals surface area contributed by atoms with Gasteiger partial charge in [0, 0.05) is 18.8 Å². The number of amides is 2. The highest BCUT2D eigenvalue weighted by Gasteiger charge is 2.74. The minimum atomic E-state index is -1.36. The molecule has 1 aromatic rings. The highest BCUT2D eigenvalue weighted by molar-refractivity contribution is 6.05. The van der Waals surface area contributed by atoms with E-state index < -0.39 is 41.0 Å². The molecule has 2 fully saturated rings. The average Bonchev–Trinajstić information content (AvgIpc) is 3.13. The smallest absolute Gasteiger partial charge is 0.313 e. The van der Waals surface area contributed by atoms with Crippen LogP contribution in [0, 0.1) is 11.8 Å². The van der Waals surface area contributed by atoms with Crippen LogP contribution in [0.5, 0.6) is 5.75 Å². The Labute approximate surface area is 197 Å². The number of methoxy groups -OCH3 is 1. The Bertz CT molecular complexity index is 1070. The van der Waals surface area contributed by atoms with Crippen LogP contribution in [0.1, 0.15) is 13.3 Å². The number of ether oxygens (including phenoxy) is 3. The van der Waals surface area contributed by atoms with Gasteiger partial charge in [0.15, 0.2) is 0 Å². The second-order valence-corrected chi connectivity index (χ2v) is 9.16. The first-order valence-electron chi connectivity index (χ1n) is 11.5. The number of β-amino-alcohol motifs (C(OH)–C–C–N with tert-alkyl or cyclic N) is 1. The minimum Gasteiger partial charge on any atom is -0.497 e. The van der Waals surface area contributed by atoms with E-state index >= 15 is 0 Å². The first-order valence-corrected chi connectivity index (χ1v) is 11.5. The number of esters is 1. The van der Waals surface area contributed by atoms with E-state index in [-0.39, 0.29) is 32.2 Å². The largest absolute Gasteiger partial charge is 0.497 e. The number of hydrogen-bond acceptors (Lipinski definition) is 7. The van der Waals surface area contributed by atoms with Crippen LogP contribution in [0.4, 0.5) is 5.69 Å². The summed E-state index contributed by atoms with van der Waals surface area (Å²) in [7, 11) is 1.57. The Kier molecular flexibility index (Phi) is 5.49. The van der Waals surface area contributed by atoms with Crippen LogP contribution < -0.4 is 9.64 Å². The molecule has 2 amide bonds. The second-order valence-electron chi connectivity index (χ2n) is 9.16. The van der Waals surface area contributed by atoms with Crippen LogP contribution in [0.15, 0.2) is 48.6 Å². The van der Waals surface area contributed by atoms with Gasteiger partial charge in [-0.3, -0.25) is 14.4 Å². The standard InChI is InChI=1S/C25H28N2O7/c1-24-10-3-4-15-33-23(31)19(24)18-21(29)27(13-14-28)20-22(30)26(12-5-11-25(18,20)34-24)16-6-8-17(32-2)9-7-16/h3,5-11,18-20,28H,4,12-15H2,1-2H3/t18-,19+,20?,24-,25-/m0/s1. The lowest BCUT2D eigenvalue weighted by Crippen LogP contribution is -2.56. The van der Waals surface area contributed by atoms with Crippen LogP contribution in [0.3, 0.4) is 0 Å². The van der Waals surface area contributed by atoms with Crippen LogP contribution in [-0.2, 0) is 23.9 Å². The van der Waals surface area contributed by atoms with Crippen molar-refractivity contribution in [3.63, 3.8) is 0 Å². The summed E-state index contributed by atoms with van der Waals surface area (Å²) in [5, 5.41) is 9.72. The Balaban J connectivity index is 1.62. The molecule has 9 nitrogen and oxygen atoms in total. The molecule has 1 unspecified atom stereocenters. The minimum absolute atomic E-state index is 0.0462. The summed E-state index contributed by atoms with van der Waals surface area (Å²) in [6.07, 6.45) is 7.81. The van der Waals surface area contributed by atoms with Gasteiger partial charge < -0.3 is 29.1 Å². The van der Waals surface area contributed by atoms with E-state index in [0.29, 0.717) is 17.9 Å². The van der Waals surface area contributed by atoms with Gasteiger partial charge in [-0.2, -0.15) is 0 Å². The Morgan fingerprint density at radius 1 is 1.09 bits per heavy atom. The van der Waals surface area contributed by atoms with Crippen LogP contribution in [0.25, 0.3) is 0 Å². The topological polar surface area (TPSA) is 106 Å². The van der Waals surface area contributed by atoms with E-state index in [1.807, 2.05) is 18.2 Å². The molecule has 0 saturated carbocycles. The lowest BCUT2D eigenvalue weighted by Gasteiger charge is -2.37. The van der Waals surface area contributed by atoms with Gasteiger partial charge in [0.1, 0.15) is 23.3 Å². The number of carbonyl (C=O) groups excluding carboxylic acids is 3. The lowest BCUT2D eigenvalue weighted by molar-refractivity contribution is -0.159. The number of nitrogens with zero attached hydrogens (tertiary/aromatic N) is 2. The van der Waals surface area contributed by atoms with Crippen molar-refractivity contribution < 1.29 is 33.7 Å². The summed E-state index contributed by atoms with van der Waals surface area (Å²) in [6.45, 7) is 1.88. The number of likely N-dealkylation sites (tertiary alicyclic amines) is 1. The third-order valence-electron chi connectivity index (χ3n) is 7.24. The molecule has 4 aliphatic heterocycles. The number of fused-ring (bicyclic) bond motifs is 2. The molecule has 1 aromatic carbocycles. The maximum atomic E-state index is 14.0. The maximum Gasteiger partial charge on any atom is 0.313 e. The molecule has 2 saturated heterocycles. The van der Waals surface area contributed by atoms with E-state index in [0.717, 1.165) is 0 Å². The zero-order valence-electron chi connectivity index (χ0n) is 19.2. The molecule has 4 aliphatic rings. The summed E-state index contributed by atoms with van der Waals surface area (Å²) in [5.74, 6) is -2.44. The van der Waals surface area contributed by atoms with Gasteiger partial charge in [-0.25, -0.2) is 0 Å². The number of aliphatic hydroxyl groups is 1. The SMILES string of the molecule is COc1ccc(N2CC=C[C@]34O[C@@]5(C)C=CCCOC(=O)[C@H]5[C@H]3C(=O)N(CCO)C4C2=O)cc1. The molecule has 1 spiro atoms. The molecule has 34 heavy (non-hydrogen) atoms. The Morgan fingerprint density at radius 2 is 1.85 bits per heavy atom. The van der Waals surface area contributed by atoms with Gasteiger partial charge in [0.05, 0.1) is 31.8 Å². The Hall–Kier alpha value is -3.17. The van der Waals surface area contributed by atoms with Gasteiger partial charge in [-0.1, -0.05) is 24.3 Å². The van der Waals surface area contributed by atoms with Crippen molar-refractivity contribution in [3.8, 4) is 5.75 Å². The van der Waals surface area contributed by atoms with E-state index in [1.54, 1.807) is 49.3 Å². The zero-order valence-corrected chi connectivity index (χ0v) is 19.2. The number of cyclic esters (lactones) is 1. The van der Waals surface area contributed by atoms with Crippen LogP contribution in [-0.4, -0.2) is 78.4 Å². The molecule has 0 aromatic heterocycles. The number of rotatable bonds is 4. The summed E-state index contributed by atoms with van der Waals surface area (Å²) >= 11 is 0. The number of anilines is 1. The van der Waals surface area contributed by atoms with Crippen molar-refractivity contribution in [1.29, 1.82) is 0 Å². The highest BCUT2D eigenvalue weighted by Crippen LogP contribution is 2.57. The predicted molar refractivity (Wildman–Crippen MR) is 121 cm³/mol. The summed E-state index contributed by atoms with van der Waals surface area (Å²) in [5.41, 5.74) is -1.83. The molecular formula is C25H28N2O7. The number of benzene rings is 1. The summed E-state index contributed by atoms with van der Waals surface area (Å²) in [6, 6.07) is 6.04. The van der Waals surface area contributed by atoms with Crippen molar-refractivity contribution in [3.05, 3.63) is 48.6 Å². The van der Waals surface area contributed by atoms with Crippen molar-refractivity contribution >= 4 is 23.5 Å². The fraction of sp³-hybridized carbons (Fsp3) is 0.480. The zero-order chi connectivity index (χ0) is 24.1. The molecule has 4 heterocycles. The normalized spacial score (nSPS) is 34.7. The average molecular weight is 469 g/mol. The van der Waals surface area contributed by atoms with Crippen molar-refractivity contribution in [2.75, 3.05) is 38.3 Å². The fourth-order valence-corrected chi connectivity index (χ4v) is 5.83. The molecular weight excluding hydrogens is 440 g/mol. The predicted octanol–water partition coefficient (Wildman–Crippen LogP) is 1.06. The summed E-state index contributed by atoms with van der Waals surface area (Å²) < 4.78 is 17.3. The van der Waals surface area contributed by atoms with Crippen molar-refractivity contribution in [2.45, 2.75) is 30.6 Å². The summed E-state index contributed by atoms with van der Waals surface area (Å²) in [4.78, 5) is 43.8. The van der Waals surface area contributed by atoms with Gasteiger partial charge >= 0.3 is 5.97 Å². The lowest BCUT2D eigenvalue weighted by atomic mass is 9.74. The van der Waals surface area contributed by atoms with Gasteiger partial charge in [-0.05, 0) is 37.6 Å². The first kappa shape index (κ1) is 22.6. The molecule has 0 bridgehead atoms. The molecule has 0 radical (unpaired) electrons. The maximum absolute atomic E-state index is 14.0. The van der Waals surface area contributed by atoms with Crippen LogP contribution in [0.2, 0.25) is 0 Å². The number of hydrogen-bond donors (Lipinski definition) is 1. The van der Waals surface area contributed by atoms with Gasteiger partial charge in [0.25, 0.3) is 5.91 Å². The molecule has 9 heteroatoms. The Morgan fingerprint density at radius 3 is 2.56 bits per heavy atom. The van der Waals surface area contributed by atoms with E-state index in [2.05, 4.69) is 0 Å². The third-order valence-corrected chi connectivity index (χ3v) is 7.24. The quantitative estimate of drug-likeness (QED) is 0.520. The van der Waals surface area contributed by atoms with Crippen LogP contribution >= 0.6 is 0 Å². The second kappa shape index (κ2) is 8.25. The molecule has 1 N–H and O–H groups in total. The molecule has 0 aliphatic carbocycles. The van der Waals surface area contributed by atoms with E-state index in [4.69, 9.17) is 14.2 Å². The molecule has 180 valence electrons. The van der Waals surface area contributed by atoms with Gasteiger partial charge in [0.2, 0.25) is 5.91 Å². The van der Waals surface area contributed by atoms with E-state index in [1.165, 1.54) is 4.90 Å². The van der Waals surface area contributed by atoms with Crippen molar-refractivity contribution in [1.82, 2.24) is 4.90 Å². The number of carbonyl (C=O) groups is 3. The molecule has 5 atom stereocenters. The van der Waals surface area contributed by atoms with Gasteiger partial charge in [-0.15, -0.1) is 0 Å². The van der Waals surface area contributed by atoms with Crippen molar-refractivity contribution in [2.24, 2.45) is 11.8 Å². The monoisotopic (exact) mass is 468 g/mol. The third kappa shape index (κ3) is 3.18. The highest BCUT2D eigenvalue weighted by atomic mass is 16.6. The number of aliphatic hydroxyl groups excluding tert-OH is 1.